The van der Waals surface area contributed by atoms with Gasteiger partial charge in [0.15, 0.2) is 0 Å². The van der Waals surface area contributed by atoms with Gasteiger partial charge in [-0.05, 0) is 23.6 Å². The van der Waals surface area contributed by atoms with Crippen molar-refractivity contribution in [3.8, 4) is 5.75 Å². The fourth-order valence-electron chi connectivity index (χ4n) is 1.86. The molecule has 0 bridgehead atoms. The Balaban J connectivity index is 2.76. The van der Waals surface area contributed by atoms with Crippen LogP contribution in [0.15, 0.2) is 27.8 Å². The van der Waals surface area contributed by atoms with Gasteiger partial charge in [0.2, 0.25) is 0 Å². The van der Waals surface area contributed by atoms with Crippen LogP contribution in [0, 0.1) is 5.41 Å². The molecule has 96 valence electrons. The van der Waals surface area contributed by atoms with E-state index in [0.717, 1.165) is 0 Å². The van der Waals surface area contributed by atoms with Crippen molar-refractivity contribution < 1.29 is 5.11 Å². The number of hydrogen-bond donors (Lipinski definition) is 2. The first-order chi connectivity index (χ1) is 8.28. The highest BCUT2D eigenvalue weighted by molar-refractivity contribution is 5.78. The van der Waals surface area contributed by atoms with Crippen molar-refractivity contribution in [2.24, 2.45) is 5.41 Å². The highest BCUT2D eigenvalue weighted by Gasteiger charge is 2.16. The molecule has 0 atom stereocenters. The fourth-order valence-corrected chi connectivity index (χ4v) is 1.86. The van der Waals surface area contributed by atoms with Gasteiger partial charge in [-0.1, -0.05) is 20.8 Å². The lowest BCUT2D eigenvalue weighted by molar-refractivity contribution is 0.332. The summed E-state index contributed by atoms with van der Waals surface area (Å²) < 4.78 is 1.17. The summed E-state index contributed by atoms with van der Waals surface area (Å²) in [6.45, 7) is 6.18. The molecule has 1 heterocycles. The van der Waals surface area contributed by atoms with E-state index in [2.05, 4.69) is 4.98 Å². The minimum Gasteiger partial charge on any atom is -0.508 e. The summed E-state index contributed by atoms with van der Waals surface area (Å²) in [5.41, 5.74) is -0.540. The largest absolute Gasteiger partial charge is 0.508 e. The summed E-state index contributed by atoms with van der Waals surface area (Å²) in [5, 5.41) is 9.73. The van der Waals surface area contributed by atoms with Gasteiger partial charge in [0.25, 0.3) is 5.56 Å². The number of H-pyrrole nitrogens is 1. The van der Waals surface area contributed by atoms with Gasteiger partial charge in [0, 0.05) is 6.54 Å². The van der Waals surface area contributed by atoms with Gasteiger partial charge in [0.1, 0.15) is 5.75 Å². The SMILES string of the molecule is CC(C)(C)Cn1c(=O)[nH]c2ccc(O)cc2c1=O. The zero-order valence-corrected chi connectivity index (χ0v) is 10.7. The third-order valence-electron chi connectivity index (χ3n) is 2.60. The van der Waals surface area contributed by atoms with Gasteiger partial charge >= 0.3 is 5.69 Å². The second-order valence-corrected chi connectivity index (χ2v) is 5.61. The first-order valence-electron chi connectivity index (χ1n) is 5.74. The third-order valence-corrected chi connectivity index (χ3v) is 2.60. The van der Waals surface area contributed by atoms with Gasteiger partial charge in [-0.3, -0.25) is 9.36 Å². The number of hydrogen-bond acceptors (Lipinski definition) is 3. The van der Waals surface area contributed by atoms with E-state index < -0.39 is 5.69 Å². The molecule has 2 N–H and O–H groups in total. The molecule has 0 fully saturated rings. The molecular formula is C13H16N2O3. The molecule has 0 aliphatic heterocycles. The van der Waals surface area contributed by atoms with Crippen molar-refractivity contribution in [1.82, 2.24) is 9.55 Å². The summed E-state index contributed by atoms with van der Waals surface area (Å²) in [5.74, 6) is 0.00829. The van der Waals surface area contributed by atoms with Crippen molar-refractivity contribution in [3.63, 3.8) is 0 Å². The van der Waals surface area contributed by atoms with E-state index >= 15 is 0 Å². The number of aromatic nitrogens is 2. The first kappa shape index (κ1) is 12.4. The molecule has 1 aromatic heterocycles. The molecule has 5 nitrogen and oxygen atoms in total. The van der Waals surface area contributed by atoms with Gasteiger partial charge in [-0.15, -0.1) is 0 Å². The van der Waals surface area contributed by atoms with Crippen molar-refractivity contribution in [2.45, 2.75) is 27.3 Å². The topological polar surface area (TPSA) is 75.1 Å². The number of fused-ring (bicyclic) bond motifs is 1. The van der Waals surface area contributed by atoms with Crippen LogP contribution in [0.4, 0.5) is 0 Å². The molecular weight excluding hydrogens is 232 g/mol. The number of phenols is 1. The molecule has 0 radical (unpaired) electrons. The molecule has 18 heavy (non-hydrogen) atoms. The average molecular weight is 248 g/mol. The summed E-state index contributed by atoms with van der Waals surface area (Å²) in [6.07, 6.45) is 0. The summed E-state index contributed by atoms with van der Waals surface area (Å²) in [4.78, 5) is 26.7. The molecule has 0 spiro atoms. The Bertz CT molecular complexity index is 705. The van der Waals surface area contributed by atoms with Crippen LogP contribution in [0.3, 0.4) is 0 Å². The summed E-state index contributed by atoms with van der Waals surface area (Å²) in [6, 6.07) is 4.33. The zero-order valence-electron chi connectivity index (χ0n) is 10.7. The van der Waals surface area contributed by atoms with E-state index in [-0.39, 0.29) is 16.7 Å². The van der Waals surface area contributed by atoms with Crippen molar-refractivity contribution in [2.75, 3.05) is 0 Å². The van der Waals surface area contributed by atoms with Crippen LogP contribution >= 0.6 is 0 Å². The molecule has 1 aromatic carbocycles. The number of aromatic hydroxyl groups is 1. The monoisotopic (exact) mass is 248 g/mol. The summed E-state index contributed by atoms with van der Waals surface area (Å²) in [7, 11) is 0. The Morgan fingerprint density at radius 3 is 2.56 bits per heavy atom. The van der Waals surface area contributed by atoms with E-state index in [9.17, 15) is 14.7 Å². The van der Waals surface area contributed by atoms with Crippen molar-refractivity contribution in [1.29, 1.82) is 0 Å². The summed E-state index contributed by atoms with van der Waals surface area (Å²) >= 11 is 0. The number of aromatic amines is 1. The molecule has 0 aliphatic carbocycles. The normalized spacial score (nSPS) is 11.9. The zero-order chi connectivity index (χ0) is 13.5. The smallest absolute Gasteiger partial charge is 0.328 e. The molecule has 5 heteroatoms. The minimum absolute atomic E-state index is 0.00829. The standard InChI is InChI=1S/C13H16N2O3/c1-13(2,3)7-15-11(17)9-6-8(16)4-5-10(9)14-12(15)18/h4-6,16H,7H2,1-3H3,(H,14,18). The Hall–Kier alpha value is -2.04. The van der Waals surface area contributed by atoms with Gasteiger partial charge < -0.3 is 10.1 Å². The Morgan fingerprint density at radius 2 is 1.94 bits per heavy atom. The molecule has 0 saturated heterocycles. The number of nitrogens with one attached hydrogen (secondary N) is 1. The Morgan fingerprint density at radius 1 is 1.28 bits per heavy atom. The van der Waals surface area contributed by atoms with E-state index in [1.54, 1.807) is 0 Å². The molecule has 2 rings (SSSR count). The third kappa shape index (κ3) is 2.30. The lowest BCUT2D eigenvalue weighted by Gasteiger charge is -2.19. The molecule has 2 aromatic rings. The maximum Gasteiger partial charge on any atom is 0.328 e. The van der Waals surface area contributed by atoms with E-state index in [4.69, 9.17) is 0 Å². The number of nitrogens with zero attached hydrogens (tertiary/aromatic N) is 1. The predicted octanol–water partition coefficient (Wildman–Crippen LogP) is 1.44. The quantitative estimate of drug-likeness (QED) is 0.801. The molecule has 0 aliphatic rings. The lowest BCUT2D eigenvalue weighted by atomic mass is 9.97. The number of phenolic OH excluding ortho intramolecular Hbond substituents is 1. The van der Waals surface area contributed by atoms with Crippen molar-refractivity contribution in [3.05, 3.63) is 39.0 Å². The maximum absolute atomic E-state index is 12.2. The second-order valence-electron chi connectivity index (χ2n) is 5.61. The van der Waals surface area contributed by atoms with Crippen molar-refractivity contribution >= 4 is 10.9 Å². The fraction of sp³-hybridized carbons (Fsp3) is 0.385. The van der Waals surface area contributed by atoms with Gasteiger partial charge in [0.05, 0.1) is 10.9 Å². The van der Waals surface area contributed by atoms with Crippen LogP contribution in [0.1, 0.15) is 20.8 Å². The molecule has 0 unspecified atom stereocenters. The second kappa shape index (κ2) is 4.01. The number of benzene rings is 1. The molecule has 0 saturated carbocycles. The van der Waals surface area contributed by atoms with Crippen LogP contribution in [0.5, 0.6) is 5.75 Å². The van der Waals surface area contributed by atoms with Gasteiger partial charge in [-0.25, -0.2) is 4.79 Å². The van der Waals surface area contributed by atoms with E-state index in [1.807, 2.05) is 20.8 Å². The Labute approximate surface area is 104 Å². The van der Waals surface area contributed by atoms with Crippen LogP contribution in [0.2, 0.25) is 0 Å². The van der Waals surface area contributed by atoms with Crippen LogP contribution in [-0.4, -0.2) is 14.7 Å². The molecule has 0 amide bonds. The lowest BCUT2D eigenvalue weighted by Crippen LogP contribution is -2.38. The highest BCUT2D eigenvalue weighted by Crippen LogP contribution is 2.16. The van der Waals surface area contributed by atoms with E-state index in [1.165, 1.54) is 22.8 Å². The maximum atomic E-state index is 12.2. The van der Waals surface area contributed by atoms with Crippen LogP contribution < -0.4 is 11.2 Å². The Kier molecular flexibility index (Phi) is 2.77. The van der Waals surface area contributed by atoms with Gasteiger partial charge in [-0.2, -0.15) is 0 Å². The minimum atomic E-state index is -0.423. The van der Waals surface area contributed by atoms with Crippen LogP contribution in [0.25, 0.3) is 10.9 Å². The number of rotatable bonds is 1. The van der Waals surface area contributed by atoms with E-state index in [0.29, 0.717) is 17.4 Å². The highest BCUT2D eigenvalue weighted by atomic mass is 16.3. The predicted molar refractivity (Wildman–Crippen MR) is 69.9 cm³/mol. The van der Waals surface area contributed by atoms with Crippen LogP contribution in [-0.2, 0) is 6.54 Å². The first-order valence-corrected chi connectivity index (χ1v) is 5.74. The average Bonchev–Trinajstić information content (AvgIpc) is 2.24.